The molecule has 0 radical (unpaired) electrons. The van der Waals surface area contributed by atoms with Crippen LogP contribution in [0.4, 0.5) is 5.69 Å². The fourth-order valence-electron chi connectivity index (χ4n) is 2.73. The molecule has 7 nitrogen and oxygen atoms in total. The van der Waals surface area contributed by atoms with Crippen LogP contribution in [0.3, 0.4) is 0 Å². The highest BCUT2D eigenvalue weighted by atomic mass is 32.2. The van der Waals surface area contributed by atoms with Crippen LogP contribution in [0.2, 0.25) is 0 Å². The summed E-state index contributed by atoms with van der Waals surface area (Å²) < 4.78 is 11.9. The van der Waals surface area contributed by atoms with E-state index in [0.717, 1.165) is 10.4 Å². The largest absolute Gasteiger partial charge is 0.493 e. The van der Waals surface area contributed by atoms with Gasteiger partial charge >= 0.3 is 0 Å². The molecule has 0 aliphatic rings. The number of rotatable bonds is 6. The second kappa shape index (κ2) is 8.24. The predicted octanol–water partition coefficient (Wildman–Crippen LogP) is 3.36. The van der Waals surface area contributed by atoms with Gasteiger partial charge in [-0.05, 0) is 31.5 Å². The minimum atomic E-state index is -0.204. The number of aromatic nitrogens is 2. The number of nitrogens with one attached hydrogen (secondary N) is 1. The third-order valence-electron chi connectivity index (χ3n) is 4.37. The Hall–Kier alpha value is -2.52. The van der Waals surface area contributed by atoms with Gasteiger partial charge in [0.1, 0.15) is 4.83 Å². The Morgan fingerprint density at radius 1 is 1.25 bits per heavy atom. The number of aryl methyl sites for hydroxylation is 2. The molecule has 3 aromatic rings. The van der Waals surface area contributed by atoms with Crippen LogP contribution in [0.25, 0.3) is 10.2 Å². The van der Waals surface area contributed by atoms with Crippen LogP contribution >= 0.6 is 23.1 Å². The van der Waals surface area contributed by atoms with Crippen molar-refractivity contribution in [3.8, 4) is 11.5 Å². The van der Waals surface area contributed by atoms with Crippen LogP contribution < -0.4 is 20.3 Å². The molecule has 28 heavy (non-hydrogen) atoms. The Kier molecular flexibility index (Phi) is 5.95. The van der Waals surface area contributed by atoms with E-state index in [2.05, 4.69) is 10.3 Å². The van der Waals surface area contributed by atoms with Gasteiger partial charge in [-0.15, -0.1) is 11.3 Å². The molecule has 3 rings (SSSR count). The molecule has 0 aliphatic carbocycles. The number of nitrogens with zero attached hydrogens (tertiary/aromatic N) is 2. The number of methoxy groups -OCH3 is 2. The zero-order chi connectivity index (χ0) is 20.4. The first-order chi connectivity index (χ1) is 13.3. The van der Waals surface area contributed by atoms with E-state index in [1.165, 1.54) is 34.8 Å². The summed E-state index contributed by atoms with van der Waals surface area (Å²) in [5, 5.41) is 3.99. The minimum absolute atomic E-state index is 0.0883. The fraction of sp³-hybridized carbons (Fsp3) is 0.316. The first-order valence-corrected chi connectivity index (χ1v) is 10.3. The van der Waals surface area contributed by atoms with Gasteiger partial charge < -0.3 is 14.8 Å². The van der Waals surface area contributed by atoms with Crippen molar-refractivity contribution in [1.29, 1.82) is 0 Å². The molecule has 0 spiro atoms. The summed E-state index contributed by atoms with van der Waals surface area (Å²) in [6, 6.07) is 5.15. The van der Waals surface area contributed by atoms with E-state index in [4.69, 9.17) is 9.47 Å². The maximum Gasteiger partial charge on any atom is 0.262 e. The van der Waals surface area contributed by atoms with E-state index >= 15 is 0 Å². The zero-order valence-corrected chi connectivity index (χ0v) is 17.9. The molecule has 0 atom stereocenters. The molecule has 148 valence electrons. The van der Waals surface area contributed by atoms with Crippen molar-refractivity contribution < 1.29 is 14.3 Å². The Bertz CT molecular complexity index is 1100. The summed E-state index contributed by atoms with van der Waals surface area (Å²) in [6.07, 6.45) is 0. The summed E-state index contributed by atoms with van der Waals surface area (Å²) in [6.45, 7) is 3.91. The highest BCUT2D eigenvalue weighted by Gasteiger charge is 2.16. The Morgan fingerprint density at radius 2 is 1.96 bits per heavy atom. The SMILES string of the molecule is COc1ccc(NC(=O)CSc2nc3sc(C)c(C)c3c(=O)n2C)cc1OC. The third-order valence-corrected chi connectivity index (χ3v) is 6.50. The van der Waals surface area contributed by atoms with E-state index < -0.39 is 0 Å². The van der Waals surface area contributed by atoms with Crippen molar-refractivity contribution in [2.45, 2.75) is 19.0 Å². The number of hydrogen-bond acceptors (Lipinski definition) is 7. The summed E-state index contributed by atoms with van der Waals surface area (Å²) in [5.41, 5.74) is 1.48. The summed E-state index contributed by atoms with van der Waals surface area (Å²) in [7, 11) is 4.77. The molecule has 0 unspecified atom stereocenters. The first kappa shape index (κ1) is 20.2. The van der Waals surface area contributed by atoms with Gasteiger partial charge in [0.05, 0.1) is 25.4 Å². The first-order valence-electron chi connectivity index (χ1n) is 8.47. The molecule has 2 aromatic heterocycles. The second-order valence-corrected chi connectivity index (χ2v) is 8.27. The second-order valence-electron chi connectivity index (χ2n) is 6.13. The van der Waals surface area contributed by atoms with Crippen LogP contribution in [0.1, 0.15) is 10.4 Å². The smallest absolute Gasteiger partial charge is 0.262 e. The number of thiophene rings is 1. The van der Waals surface area contributed by atoms with Gasteiger partial charge in [0.25, 0.3) is 5.56 Å². The number of benzene rings is 1. The number of hydrogen-bond donors (Lipinski definition) is 1. The highest BCUT2D eigenvalue weighted by Crippen LogP contribution is 2.30. The molecule has 0 saturated heterocycles. The maximum atomic E-state index is 12.6. The van der Waals surface area contributed by atoms with E-state index in [-0.39, 0.29) is 17.2 Å². The average Bonchev–Trinajstić information content (AvgIpc) is 2.97. The number of thioether (sulfide) groups is 1. The Balaban J connectivity index is 1.74. The molecule has 1 aromatic carbocycles. The lowest BCUT2D eigenvalue weighted by molar-refractivity contribution is -0.113. The van der Waals surface area contributed by atoms with Gasteiger partial charge in [0.15, 0.2) is 16.7 Å². The lowest BCUT2D eigenvalue weighted by Crippen LogP contribution is -2.21. The quantitative estimate of drug-likeness (QED) is 0.487. The van der Waals surface area contributed by atoms with Crippen LogP contribution in [0.15, 0.2) is 28.2 Å². The van der Waals surface area contributed by atoms with Crippen LogP contribution in [0, 0.1) is 13.8 Å². The summed E-state index contributed by atoms with van der Waals surface area (Å²) in [5.74, 6) is 1.05. The van der Waals surface area contributed by atoms with Crippen LogP contribution in [0.5, 0.6) is 11.5 Å². The van der Waals surface area contributed by atoms with Crippen molar-refractivity contribution in [3.05, 3.63) is 39.0 Å². The fourth-order valence-corrected chi connectivity index (χ4v) is 4.57. The molecule has 0 saturated carbocycles. The Morgan fingerprint density at radius 3 is 2.64 bits per heavy atom. The number of ether oxygens (including phenoxy) is 2. The van der Waals surface area contributed by atoms with Crippen molar-refractivity contribution >= 4 is 44.9 Å². The standard InChI is InChI=1S/C19H21N3O4S2/c1-10-11(2)28-17-16(10)18(24)22(3)19(21-17)27-9-15(23)20-12-6-7-13(25-4)14(8-12)26-5/h6-8H,9H2,1-5H3,(H,20,23). The molecule has 9 heteroatoms. The summed E-state index contributed by atoms with van der Waals surface area (Å²) in [4.78, 5) is 31.3. The lowest BCUT2D eigenvalue weighted by atomic mass is 10.2. The van der Waals surface area contributed by atoms with Crippen molar-refractivity contribution in [2.24, 2.45) is 7.05 Å². The number of anilines is 1. The maximum absolute atomic E-state index is 12.6. The van der Waals surface area contributed by atoms with E-state index in [0.29, 0.717) is 32.6 Å². The van der Waals surface area contributed by atoms with Crippen LogP contribution in [-0.4, -0.2) is 35.4 Å². The van der Waals surface area contributed by atoms with E-state index in [1.807, 2.05) is 13.8 Å². The molecular formula is C19H21N3O4S2. The van der Waals surface area contributed by atoms with Crippen molar-refractivity contribution in [2.75, 3.05) is 25.3 Å². The van der Waals surface area contributed by atoms with Gasteiger partial charge in [-0.25, -0.2) is 4.98 Å². The molecule has 2 heterocycles. The number of carbonyl (C=O) groups is 1. The summed E-state index contributed by atoms with van der Waals surface area (Å²) >= 11 is 2.72. The molecular weight excluding hydrogens is 398 g/mol. The lowest BCUT2D eigenvalue weighted by Gasteiger charge is -2.11. The average molecular weight is 420 g/mol. The topological polar surface area (TPSA) is 82.5 Å². The van der Waals surface area contributed by atoms with Gasteiger partial charge in [-0.2, -0.15) is 0 Å². The molecule has 0 fully saturated rings. The van der Waals surface area contributed by atoms with Crippen molar-refractivity contribution in [3.63, 3.8) is 0 Å². The highest BCUT2D eigenvalue weighted by molar-refractivity contribution is 7.99. The minimum Gasteiger partial charge on any atom is -0.493 e. The zero-order valence-electron chi connectivity index (χ0n) is 16.3. The van der Waals surface area contributed by atoms with E-state index in [9.17, 15) is 9.59 Å². The normalized spacial score (nSPS) is 10.9. The molecule has 1 N–H and O–H groups in total. The Labute approximate surface area is 170 Å². The number of fused-ring (bicyclic) bond motifs is 1. The predicted molar refractivity (Wildman–Crippen MR) is 113 cm³/mol. The van der Waals surface area contributed by atoms with Gasteiger partial charge in [0, 0.05) is 23.7 Å². The third kappa shape index (κ3) is 3.85. The van der Waals surface area contributed by atoms with Gasteiger partial charge in [-0.1, -0.05) is 11.8 Å². The monoisotopic (exact) mass is 419 g/mol. The molecule has 0 bridgehead atoms. The van der Waals surface area contributed by atoms with Crippen molar-refractivity contribution in [1.82, 2.24) is 9.55 Å². The van der Waals surface area contributed by atoms with Crippen LogP contribution in [-0.2, 0) is 11.8 Å². The number of amides is 1. The van der Waals surface area contributed by atoms with Gasteiger partial charge in [-0.3, -0.25) is 14.2 Å². The molecule has 0 aliphatic heterocycles. The van der Waals surface area contributed by atoms with Gasteiger partial charge in [0.2, 0.25) is 5.91 Å². The number of carbonyl (C=O) groups excluding carboxylic acids is 1. The molecule has 1 amide bonds. The van der Waals surface area contributed by atoms with E-state index in [1.54, 1.807) is 32.4 Å².